The predicted molar refractivity (Wildman–Crippen MR) is 92.8 cm³/mol. The summed E-state index contributed by atoms with van der Waals surface area (Å²) in [6.45, 7) is 0.641. The Morgan fingerprint density at radius 3 is 2.64 bits per heavy atom. The van der Waals surface area contributed by atoms with E-state index >= 15 is 0 Å². The highest BCUT2D eigenvalue weighted by Gasteiger charge is 2.16. The maximum Gasteiger partial charge on any atom is 0.248 e. The van der Waals surface area contributed by atoms with Gasteiger partial charge in [-0.1, -0.05) is 18.3 Å². The van der Waals surface area contributed by atoms with Gasteiger partial charge < -0.3 is 20.4 Å². The number of hydrogen-bond acceptors (Lipinski definition) is 4. The Morgan fingerprint density at radius 2 is 1.95 bits per heavy atom. The summed E-state index contributed by atoms with van der Waals surface area (Å²) in [6.07, 6.45) is 11.5. The van der Waals surface area contributed by atoms with Gasteiger partial charge in [0.1, 0.15) is 4.99 Å². The lowest BCUT2D eigenvalue weighted by Gasteiger charge is -2.23. The van der Waals surface area contributed by atoms with Crippen LogP contribution >= 0.6 is 12.2 Å². The fraction of sp³-hybridized carbons (Fsp3) is 0.375. The van der Waals surface area contributed by atoms with E-state index < -0.39 is 0 Å². The van der Waals surface area contributed by atoms with Crippen LogP contribution in [0.25, 0.3) is 0 Å². The van der Waals surface area contributed by atoms with Gasteiger partial charge in [-0.2, -0.15) is 0 Å². The third-order valence-corrected chi connectivity index (χ3v) is 3.89. The average molecular weight is 318 g/mol. The summed E-state index contributed by atoms with van der Waals surface area (Å²) in [5, 5.41) is 5.96. The summed E-state index contributed by atoms with van der Waals surface area (Å²) in [5.41, 5.74) is 2.99. The minimum absolute atomic E-state index is 0.0400. The Kier molecular flexibility index (Phi) is 5.38. The number of rotatable bonds is 4. The smallest absolute Gasteiger partial charge is 0.248 e. The fourth-order valence-corrected chi connectivity index (χ4v) is 2.67. The largest absolute Gasteiger partial charge is 0.372 e. The highest BCUT2D eigenvalue weighted by Crippen LogP contribution is 2.18. The van der Waals surface area contributed by atoms with Crippen LogP contribution in [0.3, 0.4) is 0 Å². The predicted octanol–water partition coefficient (Wildman–Crippen LogP) is 1.49. The summed E-state index contributed by atoms with van der Waals surface area (Å²) in [7, 11) is 5.55. The number of likely N-dealkylation sites (N-methyl/N-ethyl adjacent to an activating group) is 1. The minimum Gasteiger partial charge on any atom is -0.372 e. The van der Waals surface area contributed by atoms with Crippen molar-refractivity contribution in [1.82, 2.24) is 20.4 Å². The molecule has 0 radical (unpaired) electrons. The van der Waals surface area contributed by atoms with Crippen molar-refractivity contribution in [1.29, 1.82) is 0 Å². The number of amides is 1. The number of thiocarbonyl (C=S) groups is 1. The van der Waals surface area contributed by atoms with Crippen LogP contribution in [-0.4, -0.2) is 48.4 Å². The van der Waals surface area contributed by atoms with Crippen LogP contribution in [0.15, 0.2) is 47.6 Å². The van der Waals surface area contributed by atoms with Gasteiger partial charge in [0.15, 0.2) is 0 Å². The number of nitrogens with zero attached hydrogens (tertiary/aromatic N) is 2. The van der Waals surface area contributed by atoms with Crippen molar-refractivity contribution in [2.24, 2.45) is 0 Å². The molecule has 2 rings (SSSR count). The molecule has 0 aromatic carbocycles. The van der Waals surface area contributed by atoms with Crippen molar-refractivity contribution in [2.45, 2.75) is 12.8 Å². The Bertz CT molecular complexity index is 589. The monoisotopic (exact) mass is 318 g/mol. The van der Waals surface area contributed by atoms with E-state index in [0.717, 1.165) is 28.1 Å². The molecule has 118 valence electrons. The van der Waals surface area contributed by atoms with Crippen LogP contribution in [0, 0.1) is 0 Å². The van der Waals surface area contributed by atoms with E-state index in [9.17, 15) is 4.79 Å². The average Bonchev–Trinajstić information content (AvgIpc) is 2.51. The van der Waals surface area contributed by atoms with Gasteiger partial charge in [0.25, 0.3) is 0 Å². The second-order valence-electron chi connectivity index (χ2n) is 5.45. The zero-order valence-corrected chi connectivity index (χ0v) is 14.0. The van der Waals surface area contributed by atoms with Crippen LogP contribution in [0.5, 0.6) is 0 Å². The first-order valence-corrected chi connectivity index (χ1v) is 7.62. The maximum atomic E-state index is 11.8. The van der Waals surface area contributed by atoms with E-state index in [4.69, 9.17) is 12.2 Å². The molecule has 0 aromatic rings. The van der Waals surface area contributed by atoms with Crippen LogP contribution in [-0.2, 0) is 4.79 Å². The van der Waals surface area contributed by atoms with E-state index in [1.807, 2.05) is 48.7 Å². The molecule has 0 spiro atoms. The molecule has 22 heavy (non-hydrogen) atoms. The summed E-state index contributed by atoms with van der Waals surface area (Å²) < 4.78 is 0. The lowest BCUT2D eigenvalue weighted by molar-refractivity contribution is -0.117. The van der Waals surface area contributed by atoms with Crippen molar-refractivity contribution >= 4 is 23.1 Å². The highest BCUT2D eigenvalue weighted by molar-refractivity contribution is 7.80. The molecule has 0 unspecified atom stereocenters. The standard InChI is InChI=1S/C16H22N4OS/c1-17-15(21)14-7-12(9-20(3)11-14)8-18-16(22)13-5-4-6-19(2)10-13/h4,6,9-11H,5,7-8H2,1-3H3,(H,17,21)(H,18,22). The number of carbonyl (C=O) groups is 1. The van der Waals surface area contributed by atoms with Crippen molar-refractivity contribution in [2.75, 3.05) is 27.7 Å². The van der Waals surface area contributed by atoms with Gasteiger partial charge in [0.05, 0.1) is 0 Å². The first kappa shape index (κ1) is 16.3. The van der Waals surface area contributed by atoms with Gasteiger partial charge in [-0.25, -0.2) is 0 Å². The van der Waals surface area contributed by atoms with Gasteiger partial charge in [0, 0.05) is 63.9 Å². The first-order valence-electron chi connectivity index (χ1n) is 7.21. The molecule has 0 fully saturated rings. The molecule has 5 nitrogen and oxygen atoms in total. The topological polar surface area (TPSA) is 47.6 Å². The molecule has 2 aliphatic heterocycles. The number of allylic oxidation sites excluding steroid dienone is 1. The van der Waals surface area contributed by atoms with E-state index in [-0.39, 0.29) is 5.91 Å². The third-order valence-electron chi connectivity index (χ3n) is 3.49. The van der Waals surface area contributed by atoms with Gasteiger partial charge in [-0.15, -0.1) is 0 Å². The molecular weight excluding hydrogens is 296 g/mol. The molecule has 0 saturated carbocycles. The van der Waals surface area contributed by atoms with E-state index in [1.165, 1.54) is 0 Å². The maximum absolute atomic E-state index is 11.8. The molecule has 1 amide bonds. The Balaban J connectivity index is 1.92. The van der Waals surface area contributed by atoms with Crippen molar-refractivity contribution < 1.29 is 4.79 Å². The van der Waals surface area contributed by atoms with Gasteiger partial charge >= 0.3 is 0 Å². The molecule has 0 saturated heterocycles. The SMILES string of the molecule is CNC(=O)C1=CN(C)C=C(CNC(=S)C2=CN(C)C=CC2)C1. The van der Waals surface area contributed by atoms with Gasteiger partial charge in [-0.3, -0.25) is 4.79 Å². The first-order chi connectivity index (χ1) is 10.5. The highest BCUT2D eigenvalue weighted by atomic mass is 32.1. The zero-order chi connectivity index (χ0) is 16.1. The normalized spacial score (nSPS) is 17.5. The number of nitrogens with one attached hydrogen (secondary N) is 2. The van der Waals surface area contributed by atoms with Gasteiger partial charge in [0.2, 0.25) is 5.91 Å². The fourth-order valence-electron chi connectivity index (χ4n) is 2.46. The molecule has 6 heteroatoms. The molecule has 0 bridgehead atoms. The Hall–Kier alpha value is -2.08. The molecular formula is C16H22N4OS. The molecule has 2 heterocycles. The van der Waals surface area contributed by atoms with Gasteiger partial charge in [-0.05, 0) is 18.2 Å². The van der Waals surface area contributed by atoms with Crippen molar-refractivity contribution in [3.8, 4) is 0 Å². The number of carbonyl (C=O) groups excluding carboxylic acids is 1. The van der Waals surface area contributed by atoms with Crippen molar-refractivity contribution in [3.05, 3.63) is 47.6 Å². The molecule has 0 aliphatic carbocycles. The number of hydrogen-bond donors (Lipinski definition) is 2. The molecule has 0 atom stereocenters. The zero-order valence-electron chi connectivity index (χ0n) is 13.2. The molecule has 0 aromatic heterocycles. The second-order valence-corrected chi connectivity index (χ2v) is 5.86. The van der Waals surface area contributed by atoms with Crippen LogP contribution in [0.1, 0.15) is 12.8 Å². The molecule has 2 N–H and O–H groups in total. The van der Waals surface area contributed by atoms with E-state index in [1.54, 1.807) is 7.05 Å². The Morgan fingerprint density at radius 1 is 1.23 bits per heavy atom. The van der Waals surface area contributed by atoms with E-state index in [2.05, 4.69) is 16.7 Å². The van der Waals surface area contributed by atoms with Crippen LogP contribution in [0.4, 0.5) is 0 Å². The second kappa shape index (κ2) is 7.26. The van der Waals surface area contributed by atoms with Crippen LogP contribution < -0.4 is 10.6 Å². The van der Waals surface area contributed by atoms with E-state index in [0.29, 0.717) is 13.0 Å². The van der Waals surface area contributed by atoms with Crippen LogP contribution in [0.2, 0.25) is 0 Å². The van der Waals surface area contributed by atoms with Crippen molar-refractivity contribution in [3.63, 3.8) is 0 Å². The quantitative estimate of drug-likeness (QED) is 0.769. The lowest BCUT2D eigenvalue weighted by atomic mass is 10.0. The summed E-state index contributed by atoms with van der Waals surface area (Å²) in [4.78, 5) is 16.4. The summed E-state index contributed by atoms with van der Waals surface area (Å²) in [5.74, 6) is -0.0400. The summed E-state index contributed by atoms with van der Waals surface area (Å²) in [6, 6.07) is 0. The Labute approximate surface area is 137 Å². The third kappa shape index (κ3) is 4.21. The molecule has 2 aliphatic rings. The summed E-state index contributed by atoms with van der Waals surface area (Å²) >= 11 is 5.45. The lowest BCUT2D eigenvalue weighted by Crippen LogP contribution is -2.30. The minimum atomic E-state index is -0.0400.